The zero-order chi connectivity index (χ0) is 21.3. The Balaban J connectivity index is 1.51. The van der Waals surface area contributed by atoms with Gasteiger partial charge in [0.25, 0.3) is 5.69 Å². The number of nitro groups is 1. The molecule has 0 radical (unpaired) electrons. The molecule has 0 spiro atoms. The molecule has 1 aromatic heterocycles. The second kappa shape index (κ2) is 7.70. The molecular weight excluding hydrogens is 406 g/mol. The van der Waals surface area contributed by atoms with Crippen molar-refractivity contribution in [1.82, 2.24) is 9.71 Å². The van der Waals surface area contributed by atoms with E-state index >= 15 is 0 Å². The Hall–Kier alpha value is -3.55. The van der Waals surface area contributed by atoms with Gasteiger partial charge in [0.05, 0.1) is 27.0 Å². The van der Waals surface area contributed by atoms with E-state index in [0.29, 0.717) is 23.3 Å². The van der Waals surface area contributed by atoms with Crippen LogP contribution in [0.3, 0.4) is 0 Å². The van der Waals surface area contributed by atoms with Gasteiger partial charge in [-0.3, -0.25) is 10.1 Å². The molecule has 0 bridgehead atoms. The maximum Gasteiger partial charge on any atom is 0.270 e. The minimum absolute atomic E-state index is 0.0473. The average Bonchev–Trinajstić information content (AvgIpc) is 3.54. The number of benzene rings is 2. The zero-order valence-corrected chi connectivity index (χ0v) is 16.5. The van der Waals surface area contributed by atoms with Crippen LogP contribution in [-0.4, -0.2) is 24.4 Å². The van der Waals surface area contributed by atoms with Crippen molar-refractivity contribution in [1.29, 1.82) is 5.26 Å². The number of hydrogen-bond donors (Lipinski definition) is 2. The topological polar surface area (TPSA) is 138 Å². The van der Waals surface area contributed by atoms with Crippen LogP contribution in [0.1, 0.15) is 24.0 Å². The van der Waals surface area contributed by atoms with Crippen LogP contribution in [-0.2, 0) is 16.6 Å². The van der Waals surface area contributed by atoms with Gasteiger partial charge < -0.3 is 5.32 Å². The highest BCUT2D eigenvalue weighted by atomic mass is 32.2. The van der Waals surface area contributed by atoms with Crippen molar-refractivity contribution >= 4 is 32.4 Å². The average molecular weight is 423 g/mol. The molecule has 1 aliphatic rings. The number of pyridine rings is 1. The van der Waals surface area contributed by atoms with Crippen molar-refractivity contribution in [2.24, 2.45) is 0 Å². The molecule has 4 rings (SSSR count). The van der Waals surface area contributed by atoms with Gasteiger partial charge in [0.15, 0.2) is 0 Å². The maximum atomic E-state index is 12.2. The lowest BCUT2D eigenvalue weighted by Gasteiger charge is -2.10. The van der Waals surface area contributed by atoms with E-state index in [1.54, 1.807) is 24.3 Å². The van der Waals surface area contributed by atoms with E-state index in [4.69, 9.17) is 0 Å². The summed E-state index contributed by atoms with van der Waals surface area (Å²) < 4.78 is 27.1. The molecule has 0 unspecified atom stereocenters. The summed E-state index contributed by atoms with van der Waals surface area (Å²) in [5, 5.41) is 23.9. The molecule has 2 aromatic carbocycles. The van der Waals surface area contributed by atoms with Crippen LogP contribution in [0.2, 0.25) is 0 Å². The van der Waals surface area contributed by atoms with Crippen LogP contribution in [0.25, 0.3) is 10.9 Å². The quantitative estimate of drug-likeness (QED) is 0.440. The standard InChI is InChI=1S/C20H17N5O4S/c21-11-14-9-20(23-19-8-5-16(25(26)27)10-18(14)19)22-12-13-1-6-17(7-2-13)30(28,29)24-15-3-4-15/h1-2,5-10,15,24H,3-4,12H2,(H,22,23). The van der Waals surface area contributed by atoms with Gasteiger partial charge in [0.1, 0.15) is 5.82 Å². The fourth-order valence-electron chi connectivity index (χ4n) is 2.98. The molecule has 0 saturated heterocycles. The van der Waals surface area contributed by atoms with Crippen molar-refractivity contribution in [2.75, 3.05) is 5.32 Å². The largest absolute Gasteiger partial charge is 0.366 e. The lowest BCUT2D eigenvalue weighted by atomic mass is 10.1. The Bertz CT molecular complexity index is 1280. The van der Waals surface area contributed by atoms with E-state index < -0.39 is 14.9 Å². The molecular formula is C20H17N5O4S. The minimum atomic E-state index is -3.49. The zero-order valence-electron chi connectivity index (χ0n) is 15.7. The fraction of sp³-hybridized carbons (Fsp3) is 0.200. The van der Waals surface area contributed by atoms with E-state index in [2.05, 4.69) is 15.0 Å². The number of non-ortho nitro benzene ring substituents is 1. The molecule has 9 nitrogen and oxygen atoms in total. The van der Waals surface area contributed by atoms with Gasteiger partial charge in [-0.05, 0) is 42.7 Å². The summed E-state index contributed by atoms with van der Waals surface area (Å²) in [6.07, 6.45) is 1.75. The van der Waals surface area contributed by atoms with E-state index in [0.717, 1.165) is 18.4 Å². The third-order valence-electron chi connectivity index (χ3n) is 4.73. The summed E-state index contributed by atoms with van der Waals surface area (Å²) >= 11 is 0. The van der Waals surface area contributed by atoms with Gasteiger partial charge in [-0.15, -0.1) is 0 Å². The number of rotatable bonds is 7. The first-order chi connectivity index (χ1) is 14.4. The number of fused-ring (bicyclic) bond motifs is 1. The Morgan fingerprint density at radius 3 is 2.53 bits per heavy atom. The SMILES string of the molecule is N#Cc1cc(NCc2ccc(S(=O)(=O)NC3CC3)cc2)nc2ccc([N+](=O)[O-])cc12. The van der Waals surface area contributed by atoms with Crippen molar-refractivity contribution in [3.05, 3.63) is 69.8 Å². The molecule has 1 fully saturated rings. The van der Waals surface area contributed by atoms with Gasteiger partial charge in [0.2, 0.25) is 10.0 Å². The Kier molecular flexibility index (Phi) is 5.07. The van der Waals surface area contributed by atoms with Crippen LogP contribution in [0.5, 0.6) is 0 Å². The number of aromatic nitrogens is 1. The first-order valence-corrected chi connectivity index (χ1v) is 10.7. The fourth-order valence-corrected chi connectivity index (χ4v) is 4.28. The van der Waals surface area contributed by atoms with Gasteiger partial charge in [-0.1, -0.05) is 12.1 Å². The number of nitrogens with zero attached hydrogens (tertiary/aromatic N) is 3. The minimum Gasteiger partial charge on any atom is -0.366 e. The highest BCUT2D eigenvalue weighted by Crippen LogP contribution is 2.25. The predicted molar refractivity (Wildman–Crippen MR) is 110 cm³/mol. The Labute approximate surface area is 172 Å². The smallest absolute Gasteiger partial charge is 0.270 e. The van der Waals surface area contributed by atoms with Crippen LogP contribution >= 0.6 is 0 Å². The summed E-state index contributed by atoms with van der Waals surface area (Å²) in [6, 6.07) is 14.3. The molecule has 0 atom stereocenters. The monoisotopic (exact) mass is 423 g/mol. The van der Waals surface area contributed by atoms with Crippen molar-refractivity contribution in [3.63, 3.8) is 0 Å². The highest BCUT2D eigenvalue weighted by molar-refractivity contribution is 7.89. The molecule has 30 heavy (non-hydrogen) atoms. The molecule has 10 heteroatoms. The highest BCUT2D eigenvalue weighted by Gasteiger charge is 2.27. The third kappa shape index (κ3) is 4.22. The van der Waals surface area contributed by atoms with E-state index in [-0.39, 0.29) is 22.2 Å². The maximum absolute atomic E-state index is 12.2. The second-order valence-electron chi connectivity index (χ2n) is 7.02. The van der Waals surface area contributed by atoms with Gasteiger partial charge >= 0.3 is 0 Å². The molecule has 1 aliphatic carbocycles. The van der Waals surface area contributed by atoms with E-state index in [9.17, 15) is 23.8 Å². The molecule has 3 aromatic rings. The molecule has 1 saturated carbocycles. The lowest BCUT2D eigenvalue weighted by molar-refractivity contribution is -0.384. The molecule has 1 heterocycles. The summed E-state index contributed by atoms with van der Waals surface area (Å²) in [4.78, 5) is 15.1. The van der Waals surface area contributed by atoms with Gasteiger partial charge in [0, 0.05) is 30.1 Å². The number of anilines is 1. The first kappa shape index (κ1) is 19.8. The van der Waals surface area contributed by atoms with E-state index in [1.807, 2.05) is 6.07 Å². The predicted octanol–water partition coefficient (Wildman–Crippen LogP) is 3.07. The Morgan fingerprint density at radius 2 is 1.90 bits per heavy atom. The summed E-state index contributed by atoms with van der Waals surface area (Å²) in [7, 11) is -3.49. The van der Waals surface area contributed by atoms with Crippen molar-refractivity contribution in [3.8, 4) is 6.07 Å². The number of sulfonamides is 1. The van der Waals surface area contributed by atoms with Crippen molar-refractivity contribution in [2.45, 2.75) is 30.3 Å². The van der Waals surface area contributed by atoms with E-state index in [1.165, 1.54) is 24.3 Å². The molecule has 0 amide bonds. The number of nitro benzene ring substituents is 1. The van der Waals surface area contributed by atoms with Crippen LogP contribution in [0.15, 0.2) is 53.4 Å². The second-order valence-corrected chi connectivity index (χ2v) is 8.73. The number of nitriles is 1. The lowest BCUT2D eigenvalue weighted by Crippen LogP contribution is -2.25. The molecule has 152 valence electrons. The summed E-state index contributed by atoms with van der Waals surface area (Å²) in [5.41, 5.74) is 1.48. The van der Waals surface area contributed by atoms with Crippen molar-refractivity contribution < 1.29 is 13.3 Å². The summed E-state index contributed by atoms with van der Waals surface area (Å²) in [5.74, 6) is 0.444. The molecule has 0 aliphatic heterocycles. The van der Waals surface area contributed by atoms with Crippen LogP contribution in [0.4, 0.5) is 11.5 Å². The van der Waals surface area contributed by atoms with Gasteiger partial charge in [-0.25, -0.2) is 18.1 Å². The van der Waals surface area contributed by atoms with Crippen LogP contribution in [0, 0.1) is 21.4 Å². The number of nitrogens with one attached hydrogen (secondary N) is 2. The van der Waals surface area contributed by atoms with Crippen LogP contribution < -0.4 is 10.0 Å². The Morgan fingerprint density at radius 1 is 1.17 bits per heavy atom. The first-order valence-electron chi connectivity index (χ1n) is 9.20. The number of hydrogen-bond acceptors (Lipinski definition) is 7. The normalized spacial score (nSPS) is 13.7. The summed E-state index contributed by atoms with van der Waals surface area (Å²) in [6.45, 7) is 0.368. The third-order valence-corrected chi connectivity index (χ3v) is 6.27. The molecule has 2 N–H and O–H groups in total. The van der Waals surface area contributed by atoms with Gasteiger partial charge in [-0.2, -0.15) is 5.26 Å².